The van der Waals surface area contributed by atoms with Crippen LogP contribution in [-0.4, -0.2) is 9.55 Å². The highest BCUT2D eigenvalue weighted by Crippen LogP contribution is 2.35. The first-order chi connectivity index (χ1) is 11.0. The molecule has 0 fully saturated rings. The van der Waals surface area contributed by atoms with Gasteiger partial charge >= 0.3 is 0 Å². The number of hydrogen-bond donors (Lipinski definition) is 1. The fourth-order valence-corrected chi connectivity index (χ4v) is 2.86. The topological polar surface area (TPSA) is 67.6 Å². The number of anilines is 1. The Kier molecular flexibility index (Phi) is 3.81. The van der Waals surface area contributed by atoms with Gasteiger partial charge in [-0.15, -0.1) is 0 Å². The Balaban J connectivity index is 2.33. The fraction of sp³-hybridized carbons (Fsp3) is 0.111. The van der Waals surface area contributed by atoms with Crippen LogP contribution in [0.15, 0.2) is 42.6 Å². The third-order valence-electron chi connectivity index (χ3n) is 3.90. The number of aryl methyl sites for hydroxylation is 1. The maximum atomic E-state index is 9.51. The van der Waals surface area contributed by atoms with Gasteiger partial charge < -0.3 is 10.3 Å². The molecule has 0 unspecified atom stereocenters. The zero-order valence-corrected chi connectivity index (χ0v) is 13.6. The zero-order chi connectivity index (χ0) is 16.6. The highest BCUT2D eigenvalue weighted by atomic mass is 35.5. The second-order valence-electron chi connectivity index (χ2n) is 5.34. The van der Waals surface area contributed by atoms with Crippen molar-refractivity contribution < 1.29 is 0 Å². The van der Waals surface area contributed by atoms with Crippen LogP contribution < -0.4 is 5.73 Å². The summed E-state index contributed by atoms with van der Waals surface area (Å²) in [6, 6.07) is 13.5. The minimum absolute atomic E-state index is 0.235. The number of rotatable bonds is 2. The Morgan fingerprint density at radius 1 is 1.22 bits per heavy atom. The van der Waals surface area contributed by atoms with E-state index in [4.69, 9.17) is 17.3 Å². The second-order valence-corrected chi connectivity index (χ2v) is 5.78. The smallest absolute Gasteiger partial charge is 0.142 e. The molecular weight excluding hydrogens is 308 g/mol. The monoisotopic (exact) mass is 322 g/mol. The quantitative estimate of drug-likeness (QED) is 0.770. The van der Waals surface area contributed by atoms with Crippen LogP contribution in [0.2, 0.25) is 5.02 Å². The van der Waals surface area contributed by atoms with Gasteiger partial charge in [0.05, 0.1) is 5.69 Å². The van der Waals surface area contributed by atoms with E-state index in [1.54, 1.807) is 0 Å². The summed E-state index contributed by atoms with van der Waals surface area (Å²) < 4.78 is 1.97. The molecule has 4 nitrogen and oxygen atoms in total. The molecule has 0 bridgehead atoms. The first-order valence-corrected chi connectivity index (χ1v) is 7.48. The van der Waals surface area contributed by atoms with E-state index in [1.807, 2.05) is 61.1 Å². The summed E-state index contributed by atoms with van der Waals surface area (Å²) in [5.74, 6) is 0.235. The number of pyridine rings is 1. The second kappa shape index (κ2) is 5.79. The van der Waals surface area contributed by atoms with Crippen LogP contribution in [0.25, 0.3) is 22.5 Å². The molecule has 0 radical (unpaired) electrons. The summed E-state index contributed by atoms with van der Waals surface area (Å²) in [5, 5.41) is 10.2. The molecule has 2 N–H and O–H groups in total. The standard InChI is InChI=1S/C18H15ClN4/c1-11-16(15-4-3-9-23(15)2)14(10-20)18(21)22-17(11)12-5-7-13(19)8-6-12/h3-9H,1-2H3,(H2,21,22). The Hall–Kier alpha value is -2.77. The molecule has 0 atom stereocenters. The molecule has 3 aromatic rings. The number of benzene rings is 1. The average Bonchev–Trinajstić information content (AvgIpc) is 2.95. The number of nitriles is 1. The zero-order valence-electron chi connectivity index (χ0n) is 12.8. The molecule has 0 saturated heterocycles. The predicted octanol–water partition coefficient (Wildman–Crippen LogP) is 4.17. The molecular formula is C18H15ClN4. The Bertz CT molecular complexity index is 917. The molecule has 3 rings (SSSR count). The molecule has 114 valence electrons. The van der Waals surface area contributed by atoms with Crippen molar-refractivity contribution >= 4 is 17.4 Å². The van der Waals surface area contributed by atoms with Gasteiger partial charge in [-0.3, -0.25) is 0 Å². The summed E-state index contributed by atoms with van der Waals surface area (Å²) in [6.07, 6.45) is 1.94. The maximum Gasteiger partial charge on any atom is 0.142 e. The third kappa shape index (κ3) is 2.56. The molecule has 1 aromatic carbocycles. The average molecular weight is 323 g/mol. The maximum absolute atomic E-state index is 9.51. The van der Waals surface area contributed by atoms with Crippen molar-refractivity contribution in [1.82, 2.24) is 9.55 Å². The van der Waals surface area contributed by atoms with Crippen LogP contribution in [-0.2, 0) is 7.05 Å². The van der Waals surface area contributed by atoms with E-state index < -0.39 is 0 Å². The minimum Gasteiger partial charge on any atom is -0.383 e. The van der Waals surface area contributed by atoms with Gasteiger partial charge in [-0.1, -0.05) is 23.7 Å². The molecule has 0 spiro atoms. The van der Waals surface area contributed by atoms with E-state index in [0.29, 0.717) is 10.6 Å². The Morgan fingerprint density at radius 3 is 2.48 bits per heavy atom. The number of nitrogens with zero attached hydrogens (tertiary/aromatic N) is 3. The molecule has 0 amide bonds. The van der Waals surface area contributed by atoms with Crippen molar-refractivity contribution in [3.05, 3.63) is 58.7 Å². The van der Waals surface area contributed by atoms with E-state index in [9.17, 15) is 5.26 Å². The van der Waals surface area contributed by atoms with E-state index in [1.165, 1.54) is 0 Å². The largest absolute Gasteiger partial charge is 0.383 e. The molecule has 0 aliphatic heterocycles. The highest BCUT2D eigenvalue weighted by Gasteiger charge is 2.19. The molecule has 5 heteroatoms. The normalized spacial score (nSPS) is 10.5. The van der Waals surface area contributed by atoms with E-state index in [0.717, 1.165) is 28.1 Å². The SMILES string of the molecule is Cc1c(-c2ccc(Cl)cc2)nc(N)c(C#N)c1-c1cccn1C. The number of aromatic nitrogens is 2. The lowest BCUT2D eigenvalue weighted by molar-refractivity contribution is 0.934. The van der Waals surface area contributed by atoms with E-state index in [2.05, 4.69) is 11.1 Å². The van der Waals surface area contributed by atoms with Crippen LogP contribution in [0.1, 0.15) is 11.1 Å². The first kappa shape index (κ1) is 15.1. The molecule has 0 aliphatic carbocycles. The Labute approximate surface area is 139 Å². The third-order valence-corrected chi connectivity index (χ3v) is 4.15. The van der Waals surface area contributed by atoms with Gasteiger partial charge in [-0.25, -0.2) is 4.98 Å². The van der Waals surface area contributed by atoms with Crippen molar-refractivity contribution in [2.45, 2.75) is 6.92 Å². The van der Waals surface area contributed by atoms with Gasteiger partial charge in [0.25, 0.3) is 0 Å². The number of nitrogen functional groups attached to an aromatic ring is 1. The van der Waals surface area contributed by atoms with Gasteiger partial charge in [0, 0.05) is 35.1 Å². The summed E-state index contributed by atoms with van der Waals surface area (Å²) in [4.78, 5) is 4.45. The molecule has 0 saturated carbocycles. The Morgan fingerprint density at radius 2 is 1.91 bits per heavy atom. The molecule has 2 aromatic heterocycles. The van der Waals surface area contributed by atoms with Crippen molar-refractivity contribution in [2.24, 2.45) is 7.05 Å². The van der Waals surface area contributed by atoms with Crippen LogP contribution >= 0.6 is 11.6 Å². The first-order valence-electron chi connectivity index (χ1n) is 7.10. The summed E-state index contributed by atoms with van der Waals surface area (Å²) in [5.41, 5.74) is 10.8. The fourth-order valence-electron chi connectivity index (χ4n) is 2.74. The van der Waals surface area contributed by atoms with E-state index >= 15 is 0 Å². The summed E-state index contributed by atoms with van der Waals surface area (Å²) in [6.45, 7) is 1.96. The van der Waals surface area contributed by atoms with Crippen LogP contribution in [0, 0.1) is 18.3 Å². The van der Waals surface area contributed by atoms with Crippen molar-refractivity contribution in [3.63, 3.8) is 0 Å². The summed E-state index contributed by atoms with van der Waals surface area (Å²) in [7, 11) is 1.94. The predicted molar refractivity (Wildman–Crippen MR) is 93.0 cm³/mol. The van der Waals surface area contributed by atoms with Gasteiger partial charge in [0.1, 0.15) is 17.5 Å². The van der Waals surface area contributed by atoms with E-state index in [-0.39, 0.29) is 5.82 Å². The van der Waals surface area contributed by atoms with Crippen LogP contribution in [0.4, 0.5) is 5.82 Å². The van der Waals surface area contributed by atoms with Gasteiger partial charge in [-0.2, -0.15) is 5.26 Å². The van der Waals surface area contributed by atoms with Gasteiger partial charge in [0.15, 0.2) is 0 Å². The lowest BCUT2D eigenvalue weighted by Gasteiger charge is -2.15. The lowest BCUT2D eigenvalue weighted by atomic mass is 9.96. The molecule has 2 heterocycles. The van der Waals surface area contributed by atoms with Crippen molar-refractivity contribution in [1.29, 1.82) is 5.26 Å². The molecule has 23 heavy (non-hydrogen) atoms. The number of hydrogen-bond acceptors (Lipinski definition) is 3. The summed E-state index contributed by atoms with van der Waals surface area (Å²) >= 11 is 5.96. The van der Waals surface area contributed by atoms with Crippen molar-refractivity contribution in [3.8, 4) is 28.6 Å². The number of nitrogens with two attached hydrogens (primary N) is 1. The minimum atomic E-state index is 0.235. The van der Waals surface area contributed by atoms with Gasteiger partial charge in [-0.05, 0) is 36.8 Å². The van der Waals surface area contributed by atoms with Gasteiger partial charge in [0.2, 0.25) is 0 Å². The highest BCUT2D eigenvalue weighted by molar-refractivity contribution is 6.30. The van der Waals surface area contributed by atoms with Crippen molar-refractivity contribution in [2.75, 3.05) is 5.73 Å². The number of halogens is 1. The van der Waals surface area contributed by atoms with Crippen LogP contribution in [0.3, 0.4) is 0 Å². The lowest BCUT2D eigenvalue weighted by Crippen LogP contribution is -2.05. The molecule has 0 aliphatic rings. The van der Waals surface area contributed by atoms with Crippen LogP contribution in [0.5, 0.6) is 0 Å².